The number of benzene rings is 1. The fourth-order valence-electron chi connectivity index (χ4n) is 1.95. The Morgan fingerprint density at radius 2 is 1.88 bits per heavy atom. The number of nitrogen functional groups attached to an aromatic ring is 1. The van der Waals surface area contributed by atoms with Crippen LogP contribution in [-0.2, 0) is 5.41 Å². The first-order valence-electron chi connectivity index (χ1n) is 5.06. The lowest BCUT2D eigenvalue weighted by Gasteiger charge is -2.10. The first kappa shape index (κ1) is 9.84. The third-order valence-corrected chi connectivity index (χ3v) is 3.53. The molecule has 0 spiro atoms. The largest absolute Gasteiger partial charge is 0.407 e. The van der Waals surface area contributed by atoms with Gasteiger partial charge in [-0.1, -0.05) is 33.2 Å². The second kappa shape index (κ2) is 3.31. The summed E-state index contributed by atoms with van der Waals surface area (Å²) in [6, 6.07) is 8.34. The Kier molecular flexibility index (Phi) is 2.04. The molecule has 2 aromatic rings. The summed E-state index contributed by atoms with van der Waals surface area (Å²) in [6.45, 7) is 0. The van der Waals surface area contributed by atoms with E-state index in [1.165, 1.54) is 5.56 Å². The molecular weight excluding hydrogens is 270 g/mol. The van der Waals surface area contributed by atoms with E-state index in [4.69, 9.17) is 10.2 Å². The number of aromatic nitrogens is 2. The van der Waals surface area contributed by atoms with E-state index < -0.39 is 0 Å². The van der Waals surface area contributed by atoms with Crippen molar-refractivity contribution in [3.63, 3.8) is 0 Å². The minimum absolute atomic E-state index is 0.0919. The van der Waals surface area contributed by atoms with Crippen molar-refractivity contribution >= 4 is 21.9 Å². The van der Waals surface area contributed by atoms with Gasteiger partial charge in [-0.3, -0.25) is 0 Å². The van der Waals surface area contributed by atoms with E-state index in [2.05, 4.69) is 38.3 Å². The van der Waals surface area contributed by atoms with Crippen molar-refractivity contribution in [2.24, 2.45) is 0 Å². The molecule has 1 saturated carbocycles. The maximum absolute atomic E-state index is 5.46. The summed E-state index contributed by atoms with van der Waals surface area (Å²) in [7, 11) is 0. The molecule has 1 aromatic carbocycles. The molecule has 1 aliphatic rings. The zero-order chi connectivity index (χ0) is 11.2. The Hall–Kier alpha value is -1.36. The van der Waals surface area contributed by atoms with Crippen LogP contribution in [0.15, 0.2) is 33.2 Å². The van der Waals surface area contributed by atoms with Crippen molar-refractivity contribution in [3.05, 3.63) is 40.2 Å². The van der Waals surface area contributed by atoms with Gasteiger partial charge in [-0.2, -0.15) is 0 Å². The normalized spacial score (nSPS) is 17.3. The summed E-state index contributed by atoms with van der Waals surface area (Å²) < 4.78 is 6.41. The standard InChI is InChI=1S/C11H10BrN3O/c12-8-3-1-7(2-4-8)11(5-6-11)9-14-15-10(13)16-9/h1-4H,5-6H2,(H2,13,15). The highest BCUT2D eigenvalue weighted by atomic mass is 79.9. The lowest BCUT2D eigenvalue weighted by atomic mass is 9.96. The van der Waals surface area contributed by atoms with Crippen molar-refractivity contribution < 1.29 is 4.42 Å². The lowest BCUT2D eigenvalue weighted by Crippen LogP contribution is -2.08. The first-order valence-corrected chi connectivity index (χ1v) is 5.85. The van der Waals surface area contributed by atoms with Gasteiger partial charge in [0.1, 0.15) is 0 Å². The molecule has 4 nitrogen and oxygen atoms in total. The fourth-order valence-corrected chi connectivity index (χ4v) is 2.21. The van der Waals surface area contributed by atoms with Crippen LogP contribution in [0.1, 0.15) is 24.3 Å². The zero-order valence-electron chi connectivity index (χ0n) is 8.48. The van der Waals surface area contributed by atoms with E-state index in [-0.39, 0.29) is 11.4 Å². The smallest absolute Gasteiger partial charge is 0.312 e. The van der Waals surface area contributed by atoms with Gasteiger partial charge in [0.05, 0.1) is 5.41 Å². The molecule has 3 rings (SSSR count). The molecule has 1 aliphatic carbocycles. The van der Waals surface area contributed by atoms with Crippen LogP contribution in [0, 0.1) is 0 Å². The van der Waals surface area contributed by atoms with E-state index in [9.17, 15) is 0 Å². The molecule has 1 aromatic heterocycles. The maximum atomic E-state index is 5.46. The van der Waals surface area contributed by atoms with Gasteiger partial charge in [0.15, 0.2) is 0 Å². The molecule has 0 bridgehead atoms. The topological polar surface area (TPSA) is 64.9 Å². The minimum atomic E-state index is -0.0919. The van der Waals surface area contributed by atoms with Crippen molar-refractivity contribution in [2.75, 3.05) is 5.73 Å². The molecule has 1 fully saturated rings. The van der Waals surface area contributed by atoms with Gasteiger partial charge in [0.2, 0.25) is 5.89 Å². The van der Waals surface area contributed by atoms with Crippen molar-refractivity contribution in [3.8, 4) is 0 Å². The highest BCUT2D eigenvalue weighted by Gasteiger charge is 2.50. The number of anilines is 1. The van der Waals surface area contributed by atoms with Gasteiger partial charge in [0, 0.05) is 4.47 Å². The molecular formula is C11H10BrN3O. The van der Waals surface area contributed by atoms with Crippen LogP contribution >= 0.6 is 15.9 Å². The van der Waals surface area contributed by atoms with Gasteiger partial charge < -0.3 is 10.2 Å². The molecule has 82 valence electrons. The summed E-state index contributed by atoms with van der Waals surface area (Å²) in [4.78, 5) is 0. The quantitative estimate of drug-likeness (QED) is 0.917. The summed E-state index contributed by atoms with van der Waals surface area (Å²) >= 11 is 3.42. The fraction of sp³-hybridized carbons (Fsp3) is 0.273. The van der Waals surface area contributed by atoms with E-state index in [0.717, 1.165) is 17.3 Å². The van der Waals surface area contributed by atoms with Crippen LogP contribution in [0.25, 0.3) is 0 Å². The highest BCUT2D eigenvalue weighted by molar-refractivity contribution is 9.10. The second-order valence-electron chi connectivity index (χ2n) is 4.03. The van der Waals surface area contributed by atoms with Crippen LogP contribution in [-0.4, -0.2) is 10.2 Å². The molecule has 0 atom stereocenters. The molecule has 0 amide bonds. The van der Waals surface area contributed by atoms with Gasteiger partial charge >= 0.3 is 6.01 Å². The predicted molar refractivity (Wildman–Crippen MR) is 62.9 cm³/mol. The Labute approximate surface area is 101 Å². The molecule has 0 aliphatic heterocycles. The number of halogens is 1. The van der Waals surface area contributed by atoms with Crippen molar-refractivity contribution in [1.82, 2.24) is 10.2 Å². The minimum Gasteiger partial charge on any atom is -0.407 e. The maximum Gasteiger partial charge on any atom is 0.312 e. The Morgan fingerprint density at radius 3 is 2.38 bits per heavy atom. The van der Waals surface area contributed by atoms with E-state index >= 15 is 0 Å². The number of hydrogen-bond donors (Lipinski definition) is 1. The Balaban J connectivity index is 2.03. The van der Waals surface area contributed by atoms with Crippen molar-refractivity contribution in [2.45, 2.75) is 18.3 Å². The molecule has 1 heterocycles. The summed E-state index contributed by atoms with van der Waals surface area (Å²) in [6.07, 6.45) is 2.08. The van der Waals surface area contributed by atoms with E-state index in [1.807, 2.05) is 12.1 Å². The molecule has 16 heavy (non-hydrogen) atoms. The number of rotatable bonds is 2. The summed E-state index contributed by atoms with van der Waals surface area (Å²) in [5.74, 6) is 0.632. The molecule has 0 saturated heterocycles. The number of hydrogen-bond acceptors (Lipinski definition) is 4. The third-order valence-electron chi connectivity index (χ3n) is 3.00. The van der Waals surface area contributed by atoms with Gasteiger partial charge in [-0.05, 0) is 30.5 Å². The monoisotopic (exact) mass is 279 g/mol. The molecule has 0 unspecified atom stereocenters. The average molecular weight is 280 g/mol. The van der Waals surface area contributed by atoms with E-state index in [1.54, 1.807) is 0 Å². The Bertz CT molecular complexity index is 516. The van der Waals surface area contributed by atoms with Crippen LogP contribution in [0.3, 0.4) is 0 Å². The summed E-state index contributed by atoms with van der Waals surface area (Å²) in [5.41, 5.74) is 6.57. The van der Waals surface area contributed by atoms with Crippen LogP contribution in [0.2, 0.25) is 0 Å². The SMILES string of the molecule is Nc1nnc(C2(c3ccc(Br)cc3)CC2)o1. The third kappa shape index (κ3) is 1.43. The van der Waals surface area contributed by atoms with Gasteiger partial charge in [-0.25, -0.2) is 0 Å². The van der Waals surface area contributed by atoms with E-state index in [0.29, 0.717) is 5.89 Å². The van der Waals surface area contributed by atoms with Crippen LogP contribution < -0.4 is 5.73 Å². The first-order chi connectivity index (χ1) is 7.71. The zero-order valence-corrected chi connectivity index (χ0v) is 10.1. The summed E-state index contributed by atoms with van der Waals surface area (Å²) in [5, 5.41) is 7.71. The van der Waals surface area contributed by atoms with Crippen LogP contribution in [0.5, 0.6) is 0 Å². The second-order valence-corrected chi connectivity index (χ2v) is 4.95. The van der Waals surface area contributed by atoms with Crippen molar-refractivity contribution in [1.29, 1.82) is 0 Å². The lowest BCUT2D eigenvalue weighted by molar-refractivity contribution is 0.475. The predicted octanol–water partition coefficient (Wildman–Crippen LogP) is 2.49. The highest BCUT2D eigenvalue weighted by Crippen LogP contribution is 2.53. The molecule has 5 heteroatoms. The number of nitrogens with zero attached hydrogens (tertiary/aromatic N) is 2. The molecule has 0 radical (unpaired) electrons. The number of nitrogens with two attached hydrogens (primary N) is 1. The Morgan fingerprint density at radius 1 is 1.19 bits per heavy atom. The molecule has 2 N–H and O–H groups in total. The van der Waals surface area contributed by atoms with Gasteiger partial charge in [0.25, 0.3) is 0 Å². The van der Waals surface area contributed by atoms with Gasteiger partial charge in [-0.15, -0.1) is 5.10 Å². The van der Waals surface area contributed by atoms with Crippen LogP contribution in [0.4, 0.5) is 6.01 Å². The average Bonchev–Trinajstić information content (AvgIpc) is 2.97.